The summed E-state index contributed by atoms with van der Waals surface area (Å²) < 4.78 is 51.4. The van der Waals surface area contributed by atoms with E-state index in [1.165, 1.54) is 59.8 Å². The number of pyridine rings is 1. The fraction of sp³-hybridized carbons (Fsp3) is 0.629. The van der Waals surface area contributed by atoms with Crippen molar-refractivity contribution in [2.75, 3.05) is 26.7 Å². The number of alkyl halides is 3. The maximum absolute atomic E-state index is 14.4. The van der Waals surface area contributed by atoms with Gasteiger partial charge in [0.15, 0.2) is 0 Å². The van der Waals surface area contributed by atoms with Gasteiger partial charge in [-0.1, -0.05) is 50.7 Å². The number of aromatic nitrogens is 2. The summed E-state index contributed by atoms with van der Waals surface area (Å²) in [7, 11) is 2.23. The molecule has 11 heteroatoms. The lowest BCUT2D eigenvalue weighted by molar-refractivity contribution is -0.136. The lowest BCUT2D eigenvalue weighted by Gasteiger charge is -2.43. The molecule has 4 fully saturated rings. The van der Waals surface area contributed by atoms with Gasteiger partial charge in [0.25, 0.3) is 0 Å². The monoisotopic (exact) mass is 640 g/mol. The number of imidazole rings is 1. The van der Waals surface area contributed by atoms with Crippen molar-refractivity contribution in [3.8, 4) is 5.69 Å². The normalized spacial score (nSPS) is 25.8. The number of halogens is 3. The lowest BCUT2D eigenvalue weighted by atomic mass is 9.71. The lowest BCUT2D eigenvalue weighted by Crippen LogP contribution is -2.52. The number of nitrogens with one attached hydrogen (secondary N) is 2. The van der Waals surface area contributed by atoms with Crippen molar-refractivity contribution in [1.29, 1.82) is 0 Å². The predicted octanol–water partition coefficient (Wildman–Crippen LogP) is 6.02. The van der Waals surface area contributed by atoms with Crippen LogP contribution in [0.3, 0.4) is 0 Å². The minimum Gasteiger partial charge on any atom is -0.376 e. The molecule has 250 valence electrons. The predicted molar refractivity (Wildman–Crippen MR) is 172 cm³/mol. The van der Waals surface area contributed by atoms with Gasteiger partial charge >= 0.3 is 11.9 Å². The van der Waals surface area contributed by atoms with Crippen molar-refractivity contribution in [3.05, 3.63) is 69.9 Å². The van der Waals surface area contributed by atoms with Crippen molar-refractivity contribution in [2.45, 2.75) is 108 Å². The SMILES string of the molecule is C[C@@H]1CN(Cc2cc(C(F)(F)F)c3cn(-c4cccc([C@@H](C5CCC5)C5NNC6(CCCCCCC6)N5C)c4)c(=O)n3c2)CCO1. The zero-order chi connectivity index (χ0) is 32.1. The van der Waals surface area contributed by atoms with Gasteiger partial charge in [-0.25, -0.2) is 15.6 Å². The van der Waals surface area contributed by atoms with Crippen LogP contribution in [0.25, 0.3) is 11.2 Å². The van der Waals surface area contributed by atoms with E-state index in [0.29, 0.717) is 43.4 Å². The molecule has 2 N–H and O–H groups in total. The van der Waals surface area contributed by atoms with Crippen LogP contribution in [0.1, 0.15) is 93.7 Å². The Balaban J connectivity index is 1.23. The topological polar surface area (TPSA) is 66.2 Å². The standard InChI is InChI=1S/C35H47F3N6O2/c1-24-20-42(16-17-46-24)21-25-18-29(35(36,37)38)30-23-43(33(45)44(30)22-25)28-13-9-12-27(19-28)31(26-10-8-11-26)32-39-40-34(41(32)2)14-6-4-3-5-7-15-34/h9,12-13,18-19,22-24,26,31-32,39-40H,3-8,10-11,14-17,20-21H2,1-2H3/t24-,31-,32?/m1/s1. The number of ether oxygens (including phenoxy) is 1. The third kappa shape index (κ3) is 6.05. The van der Waals surface area contributed by atoms with E-state index in [9.17, 15) is 18.0 Å². The molecule has 2 aliphatic carbocycles. The van der Waals surface area contributed by atoms with Crippen molar-refractivity contribution in [2.24, 2.45) is 5.92 Å². The van der Waals surface area contributed by atoms with Crippen LogP contribution in [-0.4, -0.2) is 63.4 Å². The highest BCUT2D eigenvalue weighted by Gasteiger charge is 2.48. The number of nitrogens with zero attached hydrogens (tertiary/aromatic N) is 4. The minimum atomic E-state index is -4.60. The summed E-state index contributed by atoms with van der Waals surface area (Å²) >= 11 is 0. The van der Waals surface area contributed by atoms with Crippen molar-refractivity contribution >= 4 is 5.52 Å². The number of hydrogen-bond acceptors (Lipinski definition) is 6. The molecule has 2 saturated carbocycles. The summed E-state index contributed by atoms with van der Waals surface area (Å²) in [4.78, 5) is 18.4. The molecule has 1 aromatic carbocycles. The minimum absolute atomic E-state index is 0.0108. The molecule has 0 radical (unpaired) electrons. The fourth-order valence-corrected chi connectivity index (χ4v) is 8.39. The van der Waals surface area contributed by atoms with Gasteiger partial charge < -0.3 is 4.74 Å². The van der Waals surface area contributed by atoms with E-state index < -0.39 is 17.4 Å². The molecule has 1 unspecified atom stereocenters. The summed E-state index contributed by atoms with van der Waals surface area (Å²) in [6, 6.07) is 9.10. The van der Waals surface area contributed by atoms with Gasteiger partial charge in [-0.15, -0.1) is 0 Å². The largest absolute Gasteiger partial charge is 0.418 e. The first kappa shape index (κ1) is 31.9. The van der Waals surface area contributed by atoms with E-state index in [1.807, 2.05) is 25.1 Å². The van der Waals surface area contributed by atoms with Crippen LogP contribution >= 0.6 is 0 Å². The van der Waals surface area contributed by atoms with Crippen LogP contribution in [0.4, 0.5) is 13.2 Å². The smallest absolute Gasteiger partial charge is 0.376 e. The Labute approximate surface area is 268 Å². The summed E-state index contributed by atoms with van der Waals surface area (Å²) in [5.74, 6) is 0.671. The van der Waals surface area contributed by atoms with E-state index in [4.69, 9.17) is 4.74 Å². The maximum atomic E-state index is 14.4. The first-order valence-electron chi connectivity index (χ1n) is 17.2. The van der Waals surface area contributed by atoms with Gasteiger partial charge in [-0.05, 0) is 74.9 Å². The third-order valence-corrected chi connectivity index (χ3v) is 11.1. The van der Waals surface area contributed by atoms with Gasteiger partial charge in [-0.2, -0.15) is 13.2 Å². The maximum Gasteiger partial charge on any atom is 0.418 e. The van der Waals surface area contributed by atoms with Gasteiger partial charge in [-0.3, -0.25) is 18.8 Å². The molecule has 3 atom stereocenters. The number of hydrazine groups is 1. The van der Waals surface area contributed by atoms with Gasteiger partial charge in [0.05, 0.1) is 41.3 Å². The second kappa shape index (κ2) is 12.7. The highest BCUT2D eigenvalue weighted by molar-refractivity contribution is 5.58. The molecule has 2 aliphatic heterocycles. The fourth-order valence-electron chi connectivity index (χ4n) is 8.39. The Kier molecular flexibility index (Phi) is 8.82. The van der Waals surface area contributed by atoms with Crippen LogP contribution in [0.2, 0.25) is 0 Å². The summed E-state index contributed by atoms with van der Waals surface area (Å²) in [5, 5.41) is 0. The van der Waals surface area contributed by atoms with Crippen LogP contribution in [0.5, 0.6) is 0 Å². The van der Waals surface area contributed by atoms with Crippen LogP contribution in [0.15, 0.2) is 47.5 Å². The second-order valence-electron chi connectivity index (χ2n) is 14.1. The first-order valence-corrected chi connectivity index (χ1v) is 17.2. The highest BCUT2D eigenvalue weighted by atomic mass is 19.4. The number of benzene rings is 1. The quantitative estimate of drug-likeness (QED) is 0.344. The molecule has 3 aromatic rings. The van der Waals surface area contributed by atoms with Crippen LogP contribution in [-0.2, 0) is 17.5 Å². The average molecular weight is 641 g/mol. The van der Waals surface area contributed by atoms with Crippen LogP contribution in [0, 0.1) is 5.92 Å². The molecule has 4 aliphatic rings. The van der Waals surface area contributed by atoms with E-state index in [1.54, 1.807) is 6.20 Å². The van der Waals surface area contributed by atoms with E-state index in [-0.39, 0.29) is 29.4 Å². The Morgan fingerprint density at radius 2 is 1.80 bits per heavy atom. The molecule has 2 saturated heterocycles. The van der Waals surface area contributed by atoms with Crippen molar-refractivity contribution in [1.82, 2.24) is 29.6 Å². The highest BCUT2D eigenvalue weighted by Crippen LogP contribution is 2.45. The molecular formula is C35H47F3N6O2. The Morgan fingerprint density at radius 3 is 2.50 bits per heavy atom. The number of fused-ring (bicyclic) bond motifs is 1. The van der Waals surface area contributed by atoms with Crippen molar-refractivity contribution < 1.29 is 17.9 Å². The average Bonchev–Trinajstić information content (AvgIpc) is 3.48. The molecule has 0 amide bonds. The van der Waals surface area contributed by atoms with Gasteiger partial charge in [0.1, 0.15) is 0 Å². The molecule has 8 nitrogen and oxygen atoms in total. The number of rotatable bonds is 6. The first-order chi connectivity index (χ1) is 22.1. The van der Waals surface area contributed by atoms with E-state index in [0.717, 1.165) is 31.2 Å². The summed E-state index contributed by atoms with van der Waals surface area (Å²) in [5.41, 5.74) is 8.06. The molecule has 1 spiro atoms. The zero-order valence-electron chi connectivity index (χ0n) is 27.0. The molecule has 0 bridgehead atoms. The van der Waals surface area contributed by atoms with E-state index >= 15 is 0 Å². The summed E-state index contributed by atoms with van der Waals surface area (Å²) in [6.45, 7) is 4.08. The summed E-state index contributed by atoms with van der Waals surface area (Å²) in [6.07, 6.45) is 10.3. The number of hydrogen-bond donors (Lipinski definition) is 2. The number of likely N-dealkylation sites (N-methyl/N-ethyl adjacent to an activating group) is 1. The third-order valence-electron chi connectivity index (χ3n) is 11.1. The Bertz CT molecular complexity index is 1590. The Morgan fingerprint density at radius 1 is 1.04 bits per heavy atom. The molecular weight excluding hydrogens is 593 g/mol. The Hall–Kier alpha value is -2.70. The second-order valence-corrected chi connectivity index (χ2v) is 14.1. The van der Waals surface area contributed by atoms with Gasteiger partial charge in [0, 0.05) is 37.9 Å². The molecule has 4 heterocycles. The molecule has 2 aromatic heterocycles. The van der Waals surface area contributed by atoms with Crippen molar-refractivity contribution in [3.63, 3.8) is 0 Å². The molecule has 46 heavy (non-hydrogen) atoms. The zero-order valence-corrected chi connectivity index (χ0v) is 27.0. The van der Waals surface area contributed by atoms with E-state index in [2.05, 4.69) is 33.8 Å². The van der Waals surface area contributed by atoms with Gasteiger partial charge in [0.2, 0.25) is 0 Å². The molecule has 7 rings (SSSR count). The van der Waals surface area contributed by atoms with Crippen LogP contribution < -0.4 is 16.5 Å². The number of morpholine rings is 1.